The normalized spacial score (nSPS) is 17.0. The van der Waals surface area contributed by atoms with Crippen LogP contribution in [0.2, 0.25) is 0 Å². The maximum atomic E-state index is 2.43. The second-order valence-electron chi connectivity index (χ2n) is 5.55. The van der Waals surface area contributed by atoms with Gasteiger partial charge in [0.05, 0.1) is 0 Å². The smallest absolute Gasteiger partial charge is 0.0345 e. The van der Waals surface area contributed by atoms with E-state index in [0.717, 1.165) is 11.0 Å². The molecule has 0 radical (unpaired) electrons. The Balaban J connectivity index is 1.71. The SMILES string of the molecule is C(/CSC1CCCCC1)=C(/c1ccccc1)c1cccs1. The van der Waals surface area contributed by atoms with E-state index in [4.69, 9.17) is 0 Å². The fraction of sp³-hybridized carbons (Fsp3) is 0.368. The van der Waals surface area contributed by atoms with E-state index >= 15 is 0 Å². The number of thioether (sulfide) groups is 1. The summed E-state index contributed by atoms with van der Waals surface area (Å²) in [5, 5.41) is 3.05. The molecule has 0 N–H and O–H groups in total. The Bertz CT molecular complexity index is 549. The van der Waals surface area contributed by atoms with Crippen molar-refractivity contribution in [2.24, 2.45) is 0 Å². The van der Waals surface area contributed by atoms with Crippen LogP contribution in [0.3, 0.4) is 0 Å². The minimum atomic E-state index is 0.885. The highest BCUT2D eigenvalue weighted by atomic mass is 32.2. The van der Waals surface area contributed by atoms with Crippen LogP contribution < -0.4 is 0 Å². The van der Waals surface area contributed by atoms with Crippen LogP contribution in [0.25, 0.3) is 5.57 Å². The minimum absolute atomic E-state index is 0.885. The molecular weight excluding hydrogens is 292 g/mol. The van der Waals surface area contributed by atoms with Gasteiger partial charge in [-0.05, 0) is 35.4 Å². The molecule has 0 nitrogen and oxygen atoms in total. The third kappa shape index (κ3) is 4.24. The molecule has 0 unspecified atom stereocenters. The summed E-state index contributed by atoms with van der Waals surface area (Å²) in [6.45, 7) is 0. The molecule has 1 aromatic carbocycles. The first-order valence-electron chi connectivity index (χ1n) is 7.84. The van der Waals surface area contributed by atoms with Crippen LogP contribution in [0, 0.1) is 0 Å². The first-order valence-corrected chi connectivity index (χ1v) is 9.77. The van der Waals surface area contributed by atoms with Gasteiger partial charge in [-0.25, -0.2) is 0 Å². The van der Waals surface area contributed by atoms with Gasteiger partial charge >= 0.3 is 0 Å². The lowest BCUT2D eigenvalue weighted by molar-refractivity contribution is 0.516. The number of rotatable bonds is 5. The highest BCUT2D eigenvalue weighted by molar-refractivity contribution is 8.00. The van der Waals surface area contributed by atoms with Crippen molar-refractivity contribution < 1.29 is 0 Å². The van der Waals surface area contributed by atoms with Crippen LogP contribution in [-0.4, -0.2) is 11.0 Å². The predicted octanol–water partition coefficient (Wildman–Crippen LogP) is 6.25. The molecule has 1 fully saturated rings. The topological polar surface area (TPSA) is 0 Å². The summed E-state index contributed by atoms with van der Waals surface area (Å²) in [4.78, 5) is 1.38. The number of benzene rings is 1. The lowest BCUT2D eigenvalue weighted by Gasteiger charge is -2.20. The van der Waals surface area contributed by atoms with Crippen molar-refractivity contribution in [2.45, 2.75) is 37.4 Å². The molecule has 0 aliphatic heterocycles. The quantitative estimate of drug-likeness (QED) is 0.629. The molecule has 0 amide bonds. The van der Waals surface area contributed by atoms with Crippen molar-refractivity contribution in [2.75, 3.05) is 5.75 Å². The van der Waals surface area contributed by atoms with Crippen molar-refractivity contribution in [3.63, 3.8) is 0 Å². The zero-order valence-corrected chi connectivity index (χ0v) is 14.0. The van der Waals surface area contributed by atoms with Crippen molar-refractivity contribution in [1.29, 1.82) is 0 Å². The fourth-order valence-electron chi connectivity index (χ4n) is 2.91. The van der Waals surface area contributed by atoms with Crippen LogP contribution in [0.4, 0.5) is 0 Å². The van der Waals surface area contributed by atoms with E-state index in [0.29, 0.717) is 0 Å². The first kappa shape index (κ1) is 14.9. The maximum absolute atomic E-state index is 2.43. The van der Waals surface area contributed by atoms with Gasteiger partial charge in [-0.1, -0.05) is 61.7 Å². The largest absolute Gasteiger partial charge is 0.154 e. The monoisotopic (exact) mass is 314 g/mol. The maximum Gasteiger partial charge on any atom is 0.0345 e. The Kier molecular flexibility index (Phi) is 5.59. The molecule has 1 heterocycles. The number of hydrogen-bond donors (Lipinski definition) is 0. The fourth-order valence-corrected chi connectivity index (χ4v) is 4.90. The van der Waals surface area contributed by atoms with Gasteiger partial charge in [0, 0.05) is 15.9 Å². The van der Waals surface area contributed by atoms with E-state index in [1.807, 2.05) is 11.3 Å². The molecule has 1 aromatic heterocycles. The molecular formula is C19H22S2. The molecule has 0 atom stereocenters. The summed E-state index contributed by atoms with van der Waals surface area (Å²) in [5.74, 6) is 1.13. The highest BCUT2D eigenvalue weighted by Gasteiger charge is 2.13. The van der Waals surface area contributed by atoms with E-state index in [1.165, 1.54) is 48.1 Å². The summed E-state index contributed by atoms with van der Waals surface area (Å²) >= 11 is 3.98. The first-order chi connectivity index (χ1) is 10.4. The lowest BCUT2D eigenvalue weighted by Crippen LogP contribution is -2.08. The van der Waals surface area contributed by atoms with Crippen LogP contribution in [-0.2, 0) is 0 Å². The zero-order valence-electron chi connectivity index (χ0n) is 12.3. The summed E-state index contributed by atoms with van der Waals surface area (Å²) < 4.78 is 0. The van der Waals surface area contributed by atoms with E-state index in [9.17, 15) is 0 Å². The van der Waals surface area contributed by atoms with Gasteiger partial charge in [-0.2, -0.15) is 11.8 Å². The minimum Gasteiger partial charge on any atom is -0.154 e. The average Bonchev–Trinajstić information content (AvgIpc) is 3.07. The van der Waals surface area contributed by atoms with Gasteiger partial charge in [0.1, 0.15) is 0 Å². The summed E-state index contributed by atoms with van der Waals surface area (Å²) in [6.07, 6.45) is 9.56. The van der Waals surface area contributed by atoms with Gasteiger partial charge in [0.2, 0.25) is 0 Å². The number of hydrogen-bond acceptors (Lipinski definition) is 2. The van der Waals surface area contributed by atoms with Gasteiger partial charge in [-0.3, -0.25) is 0 Å². The second kappa shape index (κ2) is 7.86. The molecule has 110 valence electrons. The Labute approximate surface area is 136 Å². The van der Waals surface area contributed by atoms with Crippen LogP contribution in [0.1, 0.15) is 42.5 Å². The Morgan fingerprint density at radius 1 is 1.05 bits per heavy atom. The molecule has 1 aliphatic rings. The van der Waals surface area contributed by atoms with Gasteiger partial charge < -0.3 is 0 Å². The third-order valence-corrected chi connectivity index (χ3v) is 6.25. The Hall–Kier alpha value is -0.990. The molecule has 3 rings (SSSR count). The van der Waals surface area contributed by atoms with Crippen LogP contribution >= 0.6 is 23.1 Å². The second-order valence-corrected chi connectivity index (χ2v) is 7.84. The van der Waals surface area contributed by atoms with Crippen molar-refractivity contribution >= 4 is 28.7 Å². The molecule has 1 saturated carbocycles. The van der Waals surface area contributed by atoms with Gasteiger partial charge in [0.25, 0.3) is 0 Å². The standard InChI is InChI=1S/C19H22S2/c1-3-8-16(9-4-1)18(19-12-7-14-21-19)13-15-20-17-10-5-2-6-11-17/h1,3-4,7-9,12-14,17H,2,5-6,10-11,15H2/b18-13+. The molecule has 1 aliphatic carbocycles. The zero-order chi connectivity index (χ0) is 14.3. The third-order valence-electron chi connectivity index (χ3n) is 4.04. The lowest BCUT2D eigenvalue weighted by atomic mass is 10.0. The highest BCUT2D eigenvalue weighted by Crippen LogP contribution is 2.31. The summed E-state index contributed by atoms with van der Waals surface area (Å²) in [5.41, 5.74) is 2.73. The van der Waals surface area contributed by atoms with Crippen molar-refractivity contribution in [3.05, 3.63) is 64.4 Å². The Morgan fingerprint density at radius 3 is 2.57 bits per heavy atom. The van der Waals surface area contributed by atoms with Gasteiger partial charge in [0.15, 0.2) is 0 Å². The molecule has 0 saturated heterocycles. The van der Waals surface area contributed by atoms with Crippen LogP contribution in [0.15, 0.2) is 53.9 Å². The predicted molar refractivity (Wildman–Crippen MR) is 97.2 cm³/mol. The van der Waals surface area contributed by atoms with Gasteiger partial charge in [-0.15, -0.1) is 11.3 Å². The summed E-state index contributed by atoms with van der Waals surface area (Å²) in [6, 6.07) is 15.2. The van der Waals surface area contributed by atoms with Crippen molar-refractivity contribution in [1.82, 2.24) is 0 Å². The summed E-state index contributed by atoms with van der Waals surface area (Å²) in [7, 11) is 0. The Morgan fingerprint density at radius 2 is 1.86 bits per heavy atom. The molecule has 0 spiro atoms. The van der Waals surface area contributed by atoms with Crippen LogP contribution in [0.5, 0.6) is 0 Å². The van der Waals surface area contributed by atoms with Crippen molar-refractivity contribution in [3.8, 4) is 0 Å². The number of thiophene rings is 1. The molecule has 2 aromatic rings. The average molecular weight is 315 g/mol. The molecule has 0 bridgehead atoms. The van der Waals surface area contributed by atoms with E-state index in [2.05, 4.69) is 65.7 Å². The molecule has 2 heteroatoms. The molecule has 21 heavy (non-hydrogen) atoms. The van der Waals surface area contributed by atoms with E-state index < -0.39 is 0 Å². The van der Waals surface area contributed by atoms with E-state index in [-0.39, 0.29) is 0 Å². The van der Waals surface area contributed by atoms with E-state index in [1.54, 1.807) is 0 Å².